The van der Waals surface area contributed by atoms with Gasteiger partial charge in [-0.3, -0.25) is 8.37 Å². The molecule has 2 atom stereocenters. The van der Waals surface area contributed by atoms with Gasteiger partial charge in [0.15, 0.2) is 0 Å². The molecule has 0 rings (SSSR count). The predicted molar refractivity (Wildman–Crippen MR) is 59.9 cm³/mol. The molecule has 0 aromatic heterocycles. The van der Waals surface area contributed by atoms with Crippen molar-refractivity contribution in [1.29, 1.82) is 0 Å². The molecule has 8 heteroatoms. The van der Waals surface area contributed by atoms with E-state index < -0.39 is 20.2 Å². The van der Waals surface area contributed by atoms with Crippen molar-refractivity contribution in [2.45, 2.75) is 13.8 Å². The van der Waals surface area contributed by atoms with E-state index in [1.54, 1.807) is 13.8 Å². The zero-order chi connectivity index (χ0) is 13.0. The SMILES string of the molecule is CC(COS(C)(=O)=O)C(C)COS(C)(=O)=O. The van der Waals surface area contributed by atoms with Crippen molar-refractivity contribution in [2.24, 2.45) is 11.8 Å². The van der Waals surface area contributed by atoms with Crippen molar-refractivity contribution < 1.29 is 25.2 Å². The Morgan fingerprint density at radius 3 is 1.25 bits per heavy atom. The van der Waals surface area contributed by atoms with Crippen LogP contribution in [0.15, 0.2) is 0 Å². The largest absolute Gasteiger partial charge is 0.270 e. The van der Waals surface area contributed by atoms with Crippen LogP contribution >= 0.6 is 0 Å². The second-order valence-corrected chi connectivity index (χ2v) is 7.22. The first kappa shape index (κ1) is 15.8. The van der Waals surface area contributed by atoms with Crippen LogP contribution < -0.4 is 0 Å². The van der Waals surface area contributed by atoms with Crippen molar-refractivity contribution in [3.05, 3.63) is 0 Å². The molecule has 0 heterocycles. The molecule has 98 valence electrons. The molecule has 0 N–H and O–H groups in total. The minimum Gasteiger partial charge on any atom is -0.270 e. The normalized spacial score (nSPS) is 17.0. The van der Waals surface area contributed by atoms with Gasteiger partial charge < -0.3 is 0 Å². The lowest BCUT2D eigenvalue weighted by atomic mass is 9.98. The molecule has 0 saturated heterocycles. The number of hydrogen-bond donors (Lipinski definition) is 0. The van der Waals surface area contributed by atoms with E-state index in [1.807, 2.05) is 0 Å². The van der Waals surface area contributed by atoms with E-state index in [1.165, 1.54) is 0 Å². The summed E-state index contributed by atoms with van der Waals surface area (Å²) in [6, 6.07) is 0. The Hall–Kier alpha value is -0.180. The zero-order valence-corrected chi connectivity index (χ0v) is 11.5. The zero-order valence-electron chi connectivity index (χ0n) is 9.83. The summed E-state index contributed by atoms with van der Waals surface area (Å²) in [6.07, 6.45) is 1.94. The van der Waals surface area contributed by atoms with Crippen molar-refractivity contribution in [3.8, 4) is 0 Å². The molecule has 0 fully saturated rings. The third-order valence-electron chi connectivity index (χ3n) is 2.06. The van der Waals surface area contributed by atoms with E-state index in [2.05, 4.69) is 8.37 Å². The summed E-state index contributed by atoms with van der Waals surface area (Å²) in [4.78, 5) is 0. The lowest BCUT2D eigenvalue weighted by Gasteiger charge is -2.18. The van der Waals surface area contributed by atoms with Gasteiger partial charge in [-0.15, -0.1) is 0 Å². The molecule has 0 aliphatic heterocycles. The smallest absolute Gasteiger partial charge is 0.264 e. The fraction of sp³-hybridized carbons (Fsp3) is 1.00. The molecule has 0 aromatic carbocycles. The lowest BCUT2D eigenvalue weighted by molar-refractivity contribution is 0.170. The fourth-order valence-corrected chi connectivity index (χ4v) is 1.71. The first-order valence-corrected chi connectivity index (χ1v) is 8.33. The van der Waals surface area contributed by atoms with Gasteiger partial charge in [-0.05, 0) is 11.8 Å². The molecule has 0 saturated carbocycles. The van der Waals surface area contributed by atoms with Gasteiger partial charge in [0, 0.05) is 0 Å². The summed E-state index contributed by atoms with van der Waals surface area (Å²) in [5.41, 5.74) is 0. The van der Waals surface area contributed by atoms with E-state index in [0.29, 0.717) is 0 Å². The third kappa shape index (κ3) is 9.08. The van der Waals surface area contributed by atoms with E-state index >= 15 is 0 Å². The van der Waals surface area contributed by atoms with Crippen LogP contribution in [0.2, 0.25) is 0 Å². The molecule has 0 radical (unpaired) electrons. The van der Waals surface area contributed by atoms with Gasteiger partial charge >= 0.3 is 0 Å². The molecule has 0 bridgehead atoms. The van der Waals surface area contributed by atoms with Gasteiger partial charge in [0.25, 0.3) is 20.2 Å². The van der Waals surface area contributed by atoms with E-state index in [-0.39, 0.29) is 25.0 Å². The Bertz CT molecular complexity index is 356. The highest BCUT2D eigenvalue weighted by Gasteiger charge is 2.17. The topological polar surface area (TPSA) is 86.7 Å². The Labute approximate surface area is 97.2 Å². The van der Waals surface area contributed by atoms with Crippen LogP contribution in [-0.4, -0.2) is 42.6 Å². The molecule has 0 aliphatic carbocycles. The second kappa shape index (κ2) is 5.95. The highest BCUT2D eigenvalue weighted by Crippen LogP contribution is 2.13. The summed E-state index contributed by atoms with van der Waals surface area (Å²) in [7, 11) is -6.91. The average molecular weight is 274 g/mol. The van der Waals surface area contributed by atoms with Crippen LogP contribution in [0.25, 0.3) is 0 Å². The molecule has 0 spiro atoms. The van der Waals surface area contributed by atoms with Crippen molar-refractivity contribution in [3.63, 3.8) is 0 Å². The van der Waals surface area contributed by atoms with Gasteiger partial charge in [-0.2, -0.15) is 16.8 Å². The number of hydrogen-bond acceptors (Lipinski definition) is 6. The summed E-state index contributed by atoms with van der Waals surface area (Å²) in [6.45, 7) is 3.57. The minimum absolute atomic E-state index is 0.0210. The monoisotopic (exact) mass is 274 g/mol. The molecule has 0 amide bonds. The van der Waals surface area contributed by atoms with Gasteiger partial charge in [0.1, 0.15) is 0 Å². The average Bonchev–Trinajstić information content (AvgIpc) is 2.07. The van der Waals surface area contributed by atoms with Crippen LogP contribution in [0.3, 0.4) is 0 Å². The highest BCUT2D eigenvalue weighted by atomic mass is 32.2. The van der Waals surface area contributed by atoms with Gasteiger partial charge in [0.05, 0.1) is 25.7 Å². The molecule has 16 heavy (non-hydrogen) atoms. The van der Waals surface area contributed by atoms with Crippen molar-refractivity contribution in [2.75, 3.05) is 25.7 Å². The molecule has 0 aromatic rings. The molecule has 0 aliphatic rings. The van der Waals surface area contributed by atoms with Crippen LogP contribution in [0.5, 0.6) is 0 Å². The predicted octanol–water partition coefficient (Wildman–Crippen LogP) is 0.211. The van der Waals surface area contributed by atoms with Crippen LogP contribution in [0, 0.1) is 11.8 Å². The van der Waals surface area contributed by atoms with Crippen molar-refractivity contribution >= 4 is 20.2 Å². The molecule has 6 nitrogen and oxygen atoms in total. The van der Waals surface area contributed by atoms with Crippen LogP contribution in [0.4, 0.5) is 0 Å². The third-order valence-corrected chi connectivity index (χ3v) is 3.19. The second-order valence-electron chi connectivity index (χ2n) is 3.93. The first-order chi connectivity index (χ1) is 7.01. The summed E-state index contributed by atoms with van der Waals surface area (Å²) in [5, 5.41) is 0. The summed E-state index contributed by atoms with van der Waals surface area (Å²) >= 11 is 0. The lowest BCUT2D eigenvalue weighted by Crippen LogP contribution is -2.22. The summed E-state index contributed by atoms with van der Waals surface area (Å²) in [5.74, 6) is -0.229. The Morgan fingerprint density at radius 1 is 0.812 bits per heavy atom. The van der Waals surface area contributed by atoms with E-state index in [9.17, 15) is 16.8 Å². The Balaban J connectivity index is 4.05. The van der Waals surface area contributed by atoms with Crippen LogP contribution in [0.1, 0.15) is 13.8 Å². The van der Waals surface area contributed by atoms with Gasteiger partial charge in [-0.1, -0.05) is 13.8 Å². The fourth-order valence-electron chi connectivity index (χ4n) is 0.790. The number of rotatable bonds is 7. The molecular weight excluding hydrogens is 256 g/mol. The quantitative estimate of drug-likeness (QED) is 0.617. The van der Waals surface area contributed by atoms with E-state index in [0.717, 1.165) is 12.5 Å². The Kier molecular flexibility index (Phi) is 5.88. The van der Waals surface area contributed by atoms with Crippen molar-refractivity contribution in [1.82, 2.24) is 0 Å². The van der Waals surface area contributed by atoms with Crippen LogP contribution in [-0.2, 0) is 28.6 Å². The summed E-state index contributed by atoms with van der Waals surface area (Å²) < 4.78 is 52.1. The molecule has 2 unspecified atom stereocenters. The maximum absolute atomic E-state index is 10.7. The first-order valence-electron chi connectivity index (χ1n) is 4.70. The minimum atomic E-state index is -3.46. The Morgan fingerprint density at radius 2 is 1.06 bits per heavy atom. The van der Waals surface area contributed by atoms with E-state index in [4.69, 9.17) is 0 Å². The van der Waals surface area contributed by atoms with Gasteiger partial charge in [-0.25, -0.2) is 0 Å². The molecular formula is C8H18O6S2. The standard InChI is InChI=1S/C8H18O6S2/c1-7(5-13-15(3,9)10)8(2)6-14-16(4,11)12/h7-8H,5-6H2,1-4H3. The maximum atomic E-state index is 10.7. The highest BCUT2D eigenvalue weighted by molar-refractivity contribution is 7.86. The van der Waals surface area contributed by atoms with Gasteiger partial charge in [0.2, 0.25) is 0 Å². The maximum Gasteiger partial charge on any atom is 0.264 e.